The minimum absolute atomic E-state index is 0.151. The second-order valence-electron chi connectivity index (χ2n) is 3.16. The molecule has 1 aromatic rings. The Morgan fingerprint density at radius 3 is 2.81 bits per heavy atom. The second kappa shape index (κ2) is 5.11. The molecule has 0 aliphatic rings. The number of methoxy groups -OCH3 is 1. The molecule has 0 bridgehead atoms. The van der Waals surface area contributed by atoms with Crippen molar-refractivity contribution in [1.82, 2.24) is 0 Å². The molecule has 0 heterocycles. The Morgan fingerprint density at radius 1 is 1.56 bits per heavy atom. The zero-order chi connectivity index (χ0) is 12.1. The van der Waals surface area contributed by atoms with Crippen LogP contribution in [-0.4, -0.2) is 23.1 Å². The second-order valence-corrected chi connectivity index (χ2v) is 3.16. The van der Waals surface area contributed by atoms with E-state index in [9.17, 15) is 20.0 Å². The first-order valence-corrected chi connectivity index (χ1v) is 4.57. The molecule has 6 nitrogen and oxygen atoms in total. The molecule has 0 saturated carbocycles. The number of carbonyl (C=O) groups is 1. The third-order valence-corrected chi connectivity index (χ3v) is 2.08. The Balaban J connectivity index is 2.79. The number of nitro benzene ring substituents is 1. The van der Waals surface area contributed by atoms with Gasteiger partial charge in [-0.1, -0.05) is 6.07 Å². The van der Waals surface area contributed by atoms with E-state index in [0.717, 1.165) is 0 Å². The van der Waals surface area contributed by atoms with Crippen molar-refractivity contribution >= 4 is 11.7 Å². The number of nitro groups is 1. The van der Waals surface area contributed by atoms with E-state index in [2.05, 4.69) is 4.74 Å². The Hall–Kier alpha value is -2.11. The summed E-state index contributed by atoms with van der Waals surface area (Å²) in [4.78, 5) is 20.7. The average Bonchev–Trinajstić information content (AvgIpc) is 2.27. The first-order valence-electron chi connectivity index (χ1n) is 4.57. The molecule has 1 N–H and O–H groups in total. The van der Waals surface area contributed by atoms with Gasteiger partial charge in [0, 0.05) is 12.5 Å². The molecule has 0 spiro atoms. The number of benzene rings is 1. The van der Waals surface area contributed by atoms with Crippen LogP contribution >= 0.6 is 0 Å². The number of phenols is 1. The maximum atomic E-state index is 10.9. The zero-order valence-corrected chi connectivity index (χ0v) is 8.67. The highest BCUT2D eigenvalue weighted by molar-refractivity contribution is 5.69. The van der Waals surface area contributed by atoms with Crippen LogP contribution in [0.15, 0.2) is 18.2 Å². The lowest BCUT2D eigenvalue weighted by Crippen LogP contribution is -2.02. The number of esters is 1. The van der Waals surface area contributed by atoms with Crippen molar-refractivity contribution in [2.24, 2.45) is 0 Å². The summed E-state index contributed by atoms with van der Waals surface area (Å²) >= 11 is 0. The standard InChI is InChI=1S/C10H11NO5/c1-16-10(13)5-3-7-2-4-9(12)8(6-7)11(14)15/h2,4,6,12H,3,5H2,1H3. The summed E-state index contributed by atoms with van der Waals surface area (Å²) in [6.07, 6.45) is 0.492. The summed E-state index contributed by atoms with van der Waals surface area (Å²) in [5, 5.41) is 19.7. The first-order chi connectivity index (χ1) is 7.54. The van der Waals surface area contributed by atoms with E-state index in [4.69, 9.17) is 0 Å². The number of nitrogens with zero attached hydrogens (tertiary/aromatic N) is 1. The van der Waals surface area contributed by atoms with E-state index in [0.29, 0.717) is 12.0 Å². The van der Waals surface area contributed by atoms with Crippen LogP contribution in [0.3, 0.4) is 0 Å². The van der Waals surface area contributed by atoms with E-state index < -0.39 is 4.92 Å². The minimum atomic E-state index is -0.670. The molecule has 86 valence electrons. The summed E-state index contributed by atoms with van der Waals surface area (Å²) in [5.74, 6) is -0.762. The lowest BCUT2D eigenvalue weighted by atomic mass is 10.1. The van der Waals surface area contributed by atoms with Crippen molar-refractivity contribution in [3.8, 4) is 5.75 Å². The van der Waals surface area contributed by atoms with Crippen LogP contribution in [-0.2, 0) is 16.0 Å². The highest BCUT2D eigenvalue weighted by Gasteiger charge is 2.13. The molecular formula is C10H11NO5. The molecule has 16 heavy (non-hydrogen) atoms. The molecule has 0 unspecified atom stereocenters. The summed E-state index contributed by atoms with van der Waals surface area (Å²) < 4.78 is 4.45. The zero-order valence-electron chi connectivity index (χ0n) is 8.67. The SMILES string of the molecule is COC(=O)CCc1ccc(O)c([N+](=O)[O-])c1. The maximum absolute atomic E-state index is 10.9. The lowest BCUT2D eigenvalue weighted by molar-refractivity contribution is -0.385. The van der Waals surface area contributed by atoms with E-state index in [-0.39, 0.29) is 23.8 Å². The number of hydrogen-bond donors (Lipinski definition) is 1. The number of aromatic hydroxyl groups is 1. The summed E-state index contributed by atoms with van der Waals surface area (Å²) in [6.45, 7) is 0. The van der Waals surface area contributed by atoms with E-state index in [1.54, 1.807) is 0 Å². The van der Waals surface area contributed by atoms with E-state index in [1.165, 1.54) is 25.3 Å². The highest BCUT2D eigenvalue weighted by Crippen LogP contribution is 2.26. The Morgan fingerprint density at radius 2 is 2.25 bits per heavy atom. The monoisotopic (exact) mass is 225 g/mol. The quantitative estimate of drug-likeness (QED) is 0.475. The molecule has 0 fully saturated rings. The largest absolute Gasteiger partial charge is 0.502 e. The van der Waals surface area contributed by atoms with Gasteiger partial charge in [0.15, 0.2) is 5.75 Å². The van der Waals surface area contributed by atoms with E-state index >= 15 is 0 Å². The van der Waals surface area contributed by atoms with Crippen LogP contribution < -0.4 is 0 Å². The van der Waals surface area contributed by atoms with Crippen LogP contribution in [0.2, 0.25) is 0 Å². The van der Waals surface area contributed by atoms with Gasteiger partial charge in [-0.3, -0.25) is 14.9 Å². The molecule has 0 radical (unpaired) electrons. The molecule has 0 atom stereocenters. The molecule has 1 aromatic carbocycles. The number of phenolic OH excluding ortho intramolecular Hbond substituents is 1. The van der Waals surface area contributed by atoms with Crippen LogP contribution in [0.25, 0.3) is 0 Å². The summed E-state index contributed by atoms with van der Waals surface area (Å²) in [5.41, 5.74) is 0.247. The topological polar surface area (TPSA) is 89.7 Å². The van der Waals surface area contributed by atoms with Crippen molar-refractivity contribution in [2.75, 3.05) is 7.11 Å². The molecule has 0 amide bonds. The summed E-state index contributed by atoms with van der Waals surface area (Å²) in [6, 6.07) is 4.02. The van der Waals surface area contributed by atoms with Gasteiger partial charge in [0.1, 0.15) is 0 Å². The average molecular weight is 225 g/mol. The number of rotatable bonds is 4. The lowest BCUT2D eigenvalue weighted by Gasteiger charge is -2.01. The van der Waals surface area contributed by atoms with Crippen LogP contribution in [0.1, 0.15) is 12.0 Å². The smallest absolute Gasteiger partial charge is 0.310 e. The molecule has 0 aliphatic carbocycles. The van der Waals surface area contributed by atoms with Crippen molar-refractivity contribution in [3.63, 3.8) is 0 Å². The van der Waals surface area contributed by atoms with Gasteiger partial charge in [-0.25, -0.2) is 0 Å². The van der Waals surface area contributed by atoms with Crippen LogP contribution in [0.4, 0.5) is 5.69 Å². The molecule has 0 aliphatic heterocycles. The van der Waals surface area contributed by atoms with Gasteiger partial charge in [0.05, 0.1) is 12.0 Å². The molecular weight excluding hydrogens is 214 g/mol. The van der Waals surface area contributed by atoms with Gasteiger partial charge in [-0.15, -0.1) is 0 Å². The minimum Gasteiger partial charge on any atom is -0.502 e. The maximum Gasteiger partial charge on any atom is 0.310 e. The van der Waals surface area contributed by atoms with Gasteiger partial charge >= 0.3 is 11.7 Å². The molecule has 0 aromatic heterocycles. The number of carbonyl (C=O) groups excluding carboxylic acids is 1. The third kappa shape index (κ3) is 2.94. The van der Waals surface area contributed by atoms with E-state index in [1.807, 2.05) is 0 Å². The van der Waals surface area contributed by atoms with Gasteiger partial charge in [0.25, 0.3) is 0 Å². The fourth-order valence-electron chi connectivity index (χ4n) is 1.22. The molecule has 0 saturated heterocycles. The third-order valence-electron chi connectivity index (χ3n) is 2.08. The van der Waals surface area contributed by atoms with Crippen molar-refractivity contribution in [3.05, 3.63) is 33.9 Å². The Kier molecular flexibility index (Phi) is 3.82. The van der Waals surface area contributed by atoms with Crippen molar-refractivity contribution in [2.45, 2.75) is 12.8 Å². The fraction of sp³-hybridized carbons (Fsp3) is 0.300. The normalized spacial score (nSPS) is 9.81. The van der Waals surface area contributed by atoms with Gasteiger partial charge in [-0.05, 0) is 18.1 Å². The predicted octanol–water partition coefficient (Wildman–Crippen LogP) is 1.41. The Labute approximate surface area is 91.6 Å². The van der Waals surface area contributed by atoms with Crippen molar-refractivity contribution in [1.29, 1.82) is 0 Å². The summed E-state index contributed by atoms with van der Waals surface area (Å²) in [7, 11) is 1.28. The van der Waals surface area contributed by atoms with Crippen LogP contribution in [0.5, 0.6) is 5.75 Å². The fourth-order valence-corrected chi connectivity index (χ4v) is 1.22. The van der Waals surface area contributed by atoms with Crippen LogP contribution in [0, 0.1) is 10.1 Å². The Bertz CT molecular complexity index is 416. The van der Waals surface area contributed by atoms with Gasteiger partial charge in [0.2, 0.25) is 0 Å². The van der Waals surface area contributed by atoms with Crippen molar-refractivity contribution < 1.29 is 19.6 Å². The molecule has 1 rings (SSSR count). The van der Waals surface area contributed by atoms with Gasteiger partial charge < -0.3 is 9.84 Å². The number of aryl methyl sites for hydroxylation is 1. The highest BCUT2D eigenvalue weighted by atomic mass is 16.6. The first kappa shape index (κ1) is 12.0. The van der Waals surface area contributed by atoms with Gasteiger partial charge in [-0.2, -0.15) is 0 Å². The number of hydrogen-bond acceptors (Lipinski definition) is 5. The predicted molar refractivity (Wildman–Crippen MR) is 55.1 cm³/mol. The molecule has 6 heteroatoms. The number of ether oxygens (including phenoxy) is 1.